The number of ether oxygens (including phenoxy) is 3. The van der Waals surface area contributed by atoms with Gasteiger partial charge in [-0.15, -0.1) is 0 Å². The molecule has 6 heteroatoms. The molecule has 0 bridgehead atoms. The van der Waals surface area contributed by atoms with Crippen molar-refractivity contribution in [2.45, 2.75) is 322 Å². The molecule has 0 saturated heterocycles. The molecule has 0 amide bonds. The molecule has 1 unspecified atom stereocenters. The van der Waals surface area contributed by atoms with Gasteiger partial charge in [-0.05, 0) is 57.8 Å². The second-order valence-corrected chi connectivity index (χ2v) is 20.2. The highest BCUT2D eigenvalue weighted by Crippen LogP contribution is 2.17. The topological polar surface area (TPSA) is 78.9 Å². The van der Waals surface area contributed by atoms with E-state index in [9.17, 15) is 14.4 Å². The van der Waals surface area contributed by atoms with E-state index in [1.165, 1.54) is 186 Å². The Labute approximate surface area is 428 Å². The molecule has 0 aliphatic heterocycles. The van der Waals surface area contributed by atoms with Gasteiger partial charge < -0.3 is 14.2 Å². The van der Waals surface area contributed by atoms with Gasteiger partial charge >= 0.3 is 17.9 Å². The van der Waals surface area contributed by atoms with Crippen LogP contribution in [0, 0.1) is 0 Å². The zero-order chi connectivity index (χ0) is 50.0. The minimum atomic E-state index is -0.772. The van der Waals surface area contributed by atoms with E-state index in [1.807, 2.05) is 0 Å². The summed E-state index contributed by atoms with van der Waals surface area (Å²) in [5, 5.41) is 0. The monoisotopic (exact) mass is 967 g/mol. The Kier molecular flexibility index (Phi) is 55.7. The summed E-state index contributed by atoms with van der Waals surface area (Å²) >= 11 is 0. The maximum Gasteiger partial charge on any atom is 0.306 e. The van der Waals surface area contributed by atoms with E-state index in [0.29, 0.717) is 19.3 Å². The van der Waals surface area contributed by atoms with Crippen LogP contribution in [0.15, 0.2) is 48.6 Å². The molecule has 0 aromatic rings. The van der Waals surface area contributed by atoms with Gasteiger partial charge in [-0.3, -0.25) is 14.4 Å². The number of unbranched alkanes of at least 4 members (excludes halogenated alkanes) is 36. The molecule has 69 heavy (non-hydrogen) atoms. The minimum absolute atomic E-state index is 0.0709. The molecule has 402 valence electrons. The van der Waals surface area contributed by atoms with E-state index < -0.39 is 6.10 Å². The lowest BCUT2D eigenvalue weighted by Crippen LogP contribution is -2.30. The standard InChI is InChI=1S/C63H114O6/c1-4-7-10-13-16-19-22-24-26-28-30-31-33-34-36-38-41-44-47-50-53-56-62(65)68-59-60(58-67-61(64)55-52-49-46-43-40-21-18-15-12-9-6-3)69-63(66)57-54-51-48-45-42-39-37-35-32-29-27-25-23-20-17-14-11-8-5-2/h7,10,16,19,24,26,30-31,60H,4-6,8-9,11-15,17-18,20-23,25,27-29,32-59H2,1-3H3/b10-7-,19-16-,26-24-,31-30-. The van der Waals surface area contributed by atoms with Crippen molar-refractivity contribution >= 4 is 17.9 Å². The summed E-state index contributed by atoms with van der Waals surface area (Å²) < 4.78 is 16.9. The van der Waals surface area contributed by atoms with E-state index >= 15 is 0 Å². The molecule has 0 rings (SSSR count). The van der Waals surface area contributed by atoms with E-state index in [4.69, 9.17) is 14.2 Å². The largest absolute Gasteiger partial charge is 0.462 e. The van der Waals surface area contributed by atoms with E-state index in [-0.39, 0.29) is 31.1 Å². The molecule has 0 aromatic heterocycles. The third-order valence-electron chi connectivity index (χ3n) is 13.3. The van der Waals surface area contributed by atoms with Crippen molar-refractivity contribution in [2.24, 2.45) is 0 Å². The summed E-state index contributed by atoms with van der Waals surface area (Å²) in [6, 6.07) is 0. The van der Waals surface area contributed by atoms with Crippen LogP contribution in [0.2, 0.25) is 0 Å². The Bertz CT molecular complexity index is 1200. The Morgan fingerprint density at radius 2 is 0.565 bits per heavy atom. The number of carbonyl (C=O) groups excluding carboxylic acids is 3. The third kappa shape index (κ3) is 56.2. The second kappa shape index (κ2) is 57.9. The normalized spacial score (nSPS) is 12.3. The zero-order valence-electron chi connectivity index (χ0n) is 46.1. The van der Waals surface area contributed by atoms with Crippen molar-refractivity contribution in [3.05, 3.63) is 48.6 Å². The zero-order valence-corrected chi connectivity index (χ0v) is 46.1. The van der Waals surface area contributed by atoms with Gasteiger partial charge in [0.1, 0.15) is 13.2 Å². The average molecular weight is 968 g/mol. The molecule has 1 atom stereocenters. The fourth-order valence-corrected chi connectivity index (χ4v) is 8.85. The van der Waals surface area contributed by atoms with Gasteiger partial charge in [0.05, 0.1) is 0 Å². The number of rotatable bonds is 55. The lowest BCUT2D eigenvalue weighted by atomic mass is 10.0. The molecule has 0 aliphatic rings. The van der Waals surface area contributed by atoms with Gasteiger partial charge in [-0.25, -0.2) is 0 Å². The molecular formula is C63H114O6. The Morgan fingerprint density at radius 1 is 0.304 bits per heavy atom. The number of esters is 3. The summed E-state index contributed by atoms with van der Waals surface area (Å²) in [5.41, 5.74) is 0. The highest BCUT2D eigenvalue weighted by Gasteiger charge is 2.19. The molecule has 0 N–H and O–H groups in total. The smallest absolute Gasteiger partial charge is 0.306 e. The minimum Gasteiger partial charge on any atom is -0.462 e. The van der Waals surface area contributed by atoms with Crippen LogP contribution >= 0.6 is 0 Å². The van der Waals surface area contributed by atoms with Crippen molar-refractivity contribution in [1.82, 2.24) is 0 Å². The van der Waals surface area contributed by atoms with Crippen LogP contribution in [0.3, 0.4) is 0 Å². The van der Waals surface area contributed by atoms with Crippen LogP contribution in [0.5, 0.6) is 0 Å². The van der Waals surface area contributed by atoms with Crippen LogP contribution < -0.4 is 0 Å². The lowest BCUT2D eigenvalue weighted by Gasteiger charge is -2.18. The summed E-state index contributed by atoms with van der Waals surface area (Å²) in [4.78, 5) is 38.2. The molecule has 6 nitrogen and oxygen atoms in total. The van der Waals surface area contributed by atoms with Gasteiger partial charge in [0.15, 0.2) is 6.10 Å². The van der Waals surface area contributed by atoms with Crippen LogP contribution in [0.4, 0.5) is 0 Å². The van der Waals surface area contributed by atoms with Crippen molar-refractivity contribution < 1.29 is 28.6 Å². The van der Waals surface area contributed by atoms with Gasteiger partial charge in [0.25, 0.3) is 0 Å². The van der Waals surface area contributed by atoms with Crippen LogP contribution in [-0.2, 0) is 28.6 Å². The molecule has 0 radical (unpaired) electrons. The molecular weight excluding hydrogens is 853 g/mol. The quantitative estimate of drug-likeness (QED) is 0.0262. The number of carbonyl (C=O) groups is 3. The van der Waals surface area contributed by atoms with Crippen LogP contribution in [0.25, 0.3) is 0 Å². The molecule has 0 saturated carbocycles. The van der Waals surface area contributed by atoms with Crippen molar-refractivity contribution in [3.8, 4) is 0 Å². The van der Waals surface area contributed by atoms with E-state index in [1.54, 1.807) is 0 Å². The highest BCUT2D eigenvalue weighted by molar-refractivity contribution is 5.71. The first-order chi connectivity index (χ1) is 34.0. The molecule has 0 heterocycles. The summed E-state index contributed by atoms with van der Waals surface area (Å²) in [5.74, 6) is -0.861. The number of hydrogen-bond acceptors (Lipinski definition) is 6. The van der Waals surface area contributed by atoms with Crippen LogP contribution in [-0.4, -0.2) is 37.2 Å². The predicted molar refractivity (Wildman–Crippen MR) is 298 cm³/mol. The first-order valence-corrected chi connectivity index (χ1v) is 30.1. The SMILES string of the molecule is CC/C=C\C/C=C\C/C=C\C/C=C\CCCCCCCCCCC(=O)OCC(COC(=O)CCCCCCCCCCCCC)OC(=O)CCCCCCCCCCCCCCCCCCCCC. The van der Waals surface area contributed by atoms with Gasteiger partial charge in [0, 0.05) is 19.3 Å². The number of hydrogen-bond donors (Lipinski definition) is 0. The average Bonchev–Trinajstić information content (AvgIpc) is 3.35. The van der Waals surface area contributed by atoms with Gasteiger partial charge in [0.2, 0.25) is 0 Å². The fraction of sp³-hybridized carbons (Fsp3) is 0.825. The number of allylic oxidation sites excluding steroid dienone is 8. The highest BCUT2D eigenvalue weighted by atomic mass is 16.6. The maximum absolute atomic E-state index is 12.9. The first-order valence-electron chi connectivity index (χ1n) is 30.1. The first kappa shape index (κ1) is 66.4. The lowest BCUT2D eigenvalue weighted by molar-refractivity contribution is -0.167. The Balaban J connectivity index is 4.29. The van der Waals surface area contributed by atoms with Crippen molar-refractivity contribution in [1.29, 1.82) is 0 Å². The predicted octanol–water partition coefficient (Wildman–Crippen LogP) is 20.2. The van der Waals surface area contributed by atoms with Crippen molar-refractivity contribution in [2.75, 3.05) is 13.2 Å². The van der Waals surface area contributed by atoms with E-state index in [2.05, 4.69) is 69.4 Å². The third-order valence-corrected chi connectivity index (χ3v) is 13.3. The van der Waals surface area contributed by atoms with Gasteiger partial charge in [-0.1, -0.05) is 288 Å². The summed E-state index contributed by atoms with van der Waals surface area (Å²) in [6.07, 6.45) is 71.1. The summed E-state index contributed by atoms with van der Waals surface area (Å²) in [7, 11) is 0. The van der Waals surface area contributed by atoms with Crippen LogP contribution in [0.1, 0.15) is 316 Å². The Morgan fingerprint density at radius 3 is 0.884 bits per heavy atom. The molecule has 0 aliphatic carbocycles. The van der Waals surface area contributed by atoms with Gasteiger partial charge in [-0.2, -0.15) is 0 Å². The maximum atomic E-state index is 12.9. The fourth-order valence-electron chi connectivity index (χ4n) is 8.85. The van der Waals surface area contributed by atoms with Crippen molar-refractivity contribution in [3.63, 3.8) is 0 Å². The van der Waals surface area contributed by atoms with E-state index in [0.717, 1.165) is 89.9 Å². The molecule has 0 fully saturated rings. The molecule has 0 spiro atoms. The second-order valence-electron chi connectivity index (χ2n) is 20.2. The summed E-state index contributed by atoms with van der Waals surface area (Å²) in [6.45, 7) is 6.56. The Hall–Kier alpha value is -2.63. The molecule has 0 aromatic carbocycles.